The second-order valence-corrected chi connectivity index (χ2v) is 7.56. The Morgan fingerprint density at radius 2 is 1.89 bits per heavy atom. The molecule has 0 radical (unpaired) electrons. The lowest BCUT2D eigenvalue weighted by Gasteiger charge is -2.26. The van der Waals surface area contributed by atoms with Crippen LogP contribution < -0.4 is 10.6 Å². The normalized spacial score (nSPS) is 19.9. The molecule has 0 amide bonds. The maximum absolute atomic E-state index is 14.1. The highest BCUT2D eigenvalue weighted by Gasteiger charge is 2.21. The van der Waals surface area contributed by atoms with Gasteiger partial charge in [0.05, 0.1) is 18.0 Å². The second kappa shape index (κ2) is 7.71. The summed E-state index contributed by atoms with van der Waals surface area (Å²) in [6.07, 6.45) is 4.86. The number of nitrogens with zero attached hydrogens (tertiary/aromatic N) is 4. The summed E-state index contributed by atoms with van der Waals surface area (Å²) < 4.78 is 16.0. The van der Waals surface area contributed by atoms with E-state index in [1.807, 2.05) is 18.4 Å². The van der Waals surface area contributed by atoms with Gasteiger partial charge in [-0.15, -0.1) is 0 Å². The van der Waals surface area contributed by atoms with Gasteiger partial charge in [0.15, 0.2) is 5.65 Å². The Kier molecular flexibility index (Phi) is 5.13. The molecule has 2 heterocycles. The van der Waals surface area contributed by atoms with E-state index in [-0.39, 0.29) is 24.0 Å². The third kappa shape index (κ3) is 3.77. The van der Waals surface area contributed by atoms with Gasteiger partial charge in [-0.3, -0.25) is 4.57 Å². The van der Waals surface area contributed by atoms with Crippen molar-refractivity contribution in [3.05, 3.63) is 36.3 Å². The Labute approximate surface area is 163 Å². The fraction of sp³-hybridized carbons (Fsp3) is 0.450. The molecule has 0 spiro atoms. The Balaban J connectivity index is 1.64. The van der Waals surface area contributed by atoms with Crippen molar-refractivity contribution in [1.82, 2.24) is 19.5 Å². The van der Waals surface area contributed by atoms with E-state index in [1.54, 1.807) is 24.4 Å². The molecule has 0 aliphatic heterocycles. The van der Waals surface area contributed by atoms with Crippen molar-refractivity contribution in [2.45, 2.75) is 57.7 Å². The number of benzene rings is 1. The maximum Gasteiger partial charge on any atom is 0.224 e. The van der Waals surface area contributed by atoms with Crippen molar-refractivity contribution in [3.8, 4) is 0 Å². The molecule has 148 valence electrons. The highest BCUT2D eigenvalue weighted by Crippen LogP contribution is 2.27. The van der Waals surface area contributed by atoms with E-state index in [1.165, 1.54) is 6.07 Å². The lowest BCUT2D eigenvalue weighted by molar-refractivity contribution is 0.126. The average Bonchev–Trinajstić information content (AvgIpc) is 3.03. The van der Waals surface area contributed by atoms with Crippen LogP contribution in [-0.2, 0) is 0 Å². The fourth-order valence-electron chi connectivity index (χ4n) is 3.62. The van der Waals surface area contributed by atoms with Crippen LogP contribution in [0.3, 0.4) is 0 Å². The van der Waals surface area contributed by atoms with Crippen LogP contribution in [-0.4, -0.2) is 36.8 Å². The van der Waals surface area contributed by atoms with Crippen molar-refractivity contribution < 1.29 is 9.50 Å². The average molecular weight is 384 g/mol. The number of para-hydroxylation sites is 1. The Hall–Kier alpha value is -2.74. The predicted octanol–water partition coefficient (Wildman–Crippen LogP) is 4.01. The zero-order chi connectivity index (χ0) is 19.7. The summed E-state index contributed by atoms with van der Waals surface area (Å²) in [6.45, 7) is 4.07. The molecule has 28 heavy (non-hydrogen) atoms. The van der Waals surface area contributed by atoms with Crippen LogP contribution in [0, 0.1) is 5.82 Å². The summed E-state index contributed by atoms with van der Waals surface area (Å²) in [5.74, 6) is 0.744. The van der Waals surface area contributed by atoms with Gasteiger partial charge in [-0.05, 0) is 51.7 Å². The first kappa shape index (κ1) is 18.6. The first-order valence-electron chi connectivity index (χ1n) is 9.72. The van der Waals surface area contributed by atoms with Crippen molar-refractivity contribution >= 4 is 28.7 Å². The number of hydrogen-bond donors (Lipinski definition) is 3. The van der Waals surface area contributed by atoms with Gasteiger partial charge in [-0.25, -0.2) is 14.4 Å². The molecule has 0 unspecified atom stereocenters. The van der Waals surface area contributed by atoms with Crippen LogP contribution in [0.25, 0.3) is 11.2 Å². The third-order valence-electron chi connectivity index (χ3n) is 5.10. The summed E-state index contributed by atoms with van der Waals surface area (Å²) in [7, 11) is 0. The molecular weight excluding hydrogens is 359 g/mol. The molecule has 7 nitrogen and oxygen atoms in total. The monoisotopic (exact) mass is 384 g/mol. The second-order valence-electron chi connectivity index (χ2n) is 7.56. The van der Waals surface area contributed by atoms with E-state index < -0.39 is 0 Å². The first-order chi connectivity index (χ1) is 13.5. The van der Waals surface area contributed by atoms with Crippen LogP contribution in [0.2, 0.25) is 0 Å². The zero-order valence-corrected chi connectivity index (χ0v) is 16.1. The molecule has 1 fully saturated rings. The smallest absolute Gasteiger partial charge is 0.224 e. The number of halogens is 1. The topological polar surface area (TPSA) is 87.9 Å². The molecule has 0 saturated heterocycles. The third-order valence-corrected chi connectivity index (χ3v) is 5.10. The molecule has 3 N–H and O–H groups in total. The van der Waals surface area contributed by atoms with E-state index in [9.17, 15) is 9.50 Å². The molecule has 8 heteroatoms. The van der Waals surface area contributed by atoms with E-state index >= 15 is 0 Å². The van der Waals surface area contributed by atoms with Crippen LogP contribution in [0.15, 0.2) is 30.5 Å². The van der Waals surface area contributed by atoms with Crippen LogP contribution in [0.5, 0.6) is 0 Å². The molecule has 1 aromatic carbocycles. The van der Waals surface area contributed by atoms with Gasteiger partial charge in [-0.2, -0.15) is 4.98 Å². The van der Waals surface area contributed by atoms with E-state index in [2.05, 4.69) is 25.6 Å². The summed E-state index contributed by atoms with van der Waals surface area (Å²) in [5, 5.41) is 16.1. The van der Waals surface area contributed by atoms with Crippen molar-refractivity contribution in [3.63, 3.8) is 0 Å². The van der Waals surface area contributed by atoms with E-state index in [0.717, 1.165) is 25.7 Å². The van der Waals surface area contributed by atoms with Crippen molar-refractivity contribution in [2.24, 2.45) is 0 Å². The lowest BCUT2D eigenvalue weighted by Crippen LogP contribution is -2.28. The minimum absolute atomic E-state index is 0.0758. The number of hydrogen-bond acceptors (Lipinski definition) is 6. The summed E-state index contributed by atoms with van der Waals surface area (Å²) >= 11 is 0. The van der Waals surface area contributed by atoms with Gasteiger partial charge in [0.1, 0.15) is 11.3 Å². The zero-order valence-electron chi connectivity index (χ0n) is 16.1. The van der Waals surface area contributed by atoms with Gasteiger partial charge in [-0.1, -0.05) is 12.1 Å². The predicted molar refractivity (Wildman–Crippen MR) is 107 cm³/mol. The quantitative estimate of drug-likeness (QED) is 0.616. The largest absolute Gasteiger partial charge is 0.393 e. The minimum Gasteiger partial charge on any atom is -0.393 e. The molecule has 0 bridgehead atoms. The lowest BCUT2D eigenvalue weighted by atomic mass is 9.93. The number of nitrogens with one attached hydrogen (secondary N) is 2. The molecule has 0 atom stereocenters. The SMILES string of the molecule is CC(C)n1c(Nc2ccccc2F)nc2cnc(NC3CCC(O)CC3)nc21. The number of rotatable bonds is 5. The number of aliphatic hydroxyl groups is 1. The van der Waals surface area contributed by atoms with Crippen molar-refractivity contribution in [1.29, 1.82) is 0 Å². The Bertz CT molecular complexity index is 964. The highest BCUT2D eigenvalue weighted by atomic mass is 19.1. The first-order valence-corrected chi connectivity index (χ1v) is 9.72. The molecule has 1 aliphatic carbocycles. The minimum atomic E-state index is -0.335. The number of fused-ring (bicyclic) bond motifs is 1. The standard InChI is InChI=1S/C20H25FN6O/c1-12(2)27-18-17(25-20(27)24-16-6-4-3-5-15(16)21)11-22-19(26-18)23-13-7-9-14(28)10-8-13/h3-6,11-14,28H,7-10H2,1-2H3,(H,24,25)(H,22,23,26). The van der Waals surface area contributed by atoms with Crippen molar-refractivity contribution in [2.75, 3.05) is 10.6 Å². The number of imidazole rings is 1. The molecule has 1 aliphatic rings. The van der Waals surface area contributed by atoms with Gasteiger partial charge >= 0.3 is 0 Å². The van der Waals surface area contributed by atoms with Gasteiger partial charge in [0, 0.05) is 12.1 Å². The Morgan fingerprint density at radius 1 is 1.14 bits per heavy atom. The highest BCUT2D eigenvalue weighted by molar-refractivity contribution is 5.76. The molecule has 1 saturated carbocycles. The number of aromatic nitrogens is 4. The van der Waals surface area contributed by atoms with E-state index in [4.69, 9.17) is 0 Å². The molecule has 4 rings (SSSR count). The maximum atomic E-state index is 14.1. The molecular formula is C20H25FN6O. The summed E-state index contributed by atoms with van der Waals surface area (Å²) in [6, 6.07) is 6.85. The van der Waals surface area contributed by atoms with Crippen LogP contribution in [0.1, 0.15) is 45.6 Å². The Morgan fingerprint density at radius 3 is 2.61 bits per heavy atom. The van der Waals surface area contributed by atoms with E-state index in [0.29, 0.717) is 28.7 Å². The van der Waals surface area contributed by atoms with Crippen LogP contribution in [0.4, 0.5) is 22.0 Å². The van der Waals surface area contributed by atoms with Gasteiger partial charge in [0.2, 0.25) is 11.9 Å². The summed E-state index contributed by atoms with van der Waals surface area (Å²) in [4.78, 5) is 13.6. The van der Waals surface area contributed by atoms with Gasteiger partial charge in [0.25, 0.3) is 0 Å². The van der Waals surface area contributed by atoms with Crippen LogP contribution >= 0.6 is 0 Å². The molecule has 3 aromatic rings. The fourth-order valence-corrected chi connectivity index (χ4v) is 3.62. The molecule has 2 aromatic heterocycles. The summed E-state index contributed by atoms with van der Waals surface area (Å²) in [5.41, 5.74) is 1.71. The van der Waals surface area contributed by atoms with Gasteiger partial charge < -0.3 is 15.7 Å². The number of anilines is 3. The number of aliphatic hydroxyl groups excluding tert-OH is 1.